The first-order chi connectivity index (χ1) is 14.0. The highest BCUT2D eigenvalue weighted by Gasteiger charge is 2.30. The zero-order chi connectivity index (χ0) is 22.2. The van der Waals surface area contributed by atoms with Crippen LogP contribution in [-0.2, 0) is 17.9 Å². The quantitative estimate of drug-likeness (QED) is 0.753. The third-order valence-corrected chi connectivity index (χ3v) is 6.18. The first-order valence-electron chi connectivity index (χ1n) is 9.44. The van der Waals surface area contributed by atoms with Crippen LogP contribution in [-0.4, -0.2) is 51.7 Å². The monoisotopic (exact) mass is 446 g/mol. The third kappa shape index (κ3) is 4.13. The van der Waals surface area contributed by atoms with E-state index >= 15 is 0 Å². The van der Waals surface area contributed by atoms with Crippen LogP contribution in [0.15, 0.2) is 9.59 Å². The van der Waals surface area contributed by atoms with E-state index in [4.69, 9.17) is 0 Å². The first kappa shape index (κ1) is 22.1. The van der Waals surface area contributed by atoms with Gasteiger partial charge in [0.1, 0.15) is 4.83 Å². The van der Waals surface area contributed by atoms with Crippen LogP contribution in [0.5, 0.6) is 0 Å². The zero-order valence-electron chi connectivity index (χ0n) is 16.5. The van der Waals surface area contributed by atoms with Crippen LogP contribution < -0.4 is 16.6 Å². The number of halogens is 3. The number of aryl methyl sites for hydroxylation is 2. The van der Waals surface area contributed by atoms with Gasteiger partial charge in [-0.3, -0.25) is 23.5 Å². The summed E-state index contributed by atoms with van der Waals surface area (Å²) in [7, 11) is 0. The lowest BCUT2D eigenvalue weighted by atomic mass is 10.2. The molecule has 0 radical (unpaired) electrons. The molecule has 1 N–H and O–H groups in total. The molecule has 1 aliphatic rings. The second kappa shape index (κ2) is 8.25. The summed E-state index contributed by atoms with van der Waals surface area (Å²) in [5.74, 6) is -0.805. The van der Waals surface area contributed by atoms with Crippen LogP contribution in [0.1, 0.15) is 35.0 Å². The lowest BCUT2D eigenvalue weighted by Crippen LogP contribution is -2.49. The van der Waals surface area contributed by atoms with Gasteiger partial charge in [-0.2, -0.15) is 13.2 Å². The van der Waals surface area contributed by atoms with Gasteiger partial charge < -0.3 is 10.2 Å². The number of piperazine rings is 1. The Hall–Kier alpha value is -2.63. The zero-order valence-corrected chi connectivity index (χ0v) is 17.3. The summed E-state index contributed by atoms with van der Waals surface area (Å²) in [5, 5.41) is 2.67. The molecule has 0 aromatic carbocycles. The van der Waals surface area contributed by atoms with Gasteiger partial charge in [-0.1, -0.05) is 6.92 Å². The van der Waals surface area contributed by atoms with Gasteiger partial charge in [0, 0.05) is 26.2 Å². The second-order valence-corrected chi connectivity index (χ2v) is 8.07. The summed E-state index contributed by atoms with van der Waals surface area (Å²) in [6.07, 6.45) is -5.28. The van der Waals surface area contributed by atoms with Crippen LogP contribution in [0, 0.1) is 6.92 Å². The number of hydrogen-bond donors (Lipinski definition) is 1. The molecule has 0 atom stereocenters. The van der Waals surface area contributed by atoms with Crippen molar-refractivity contribution in [2.75, 3.05) is 19.6 Å². The predicted molar refractivity (Wildman–Crippen MR) is 105 cm³/mol. The van der Waals surface area contributed by atoms with Crippen molar-refractivity contribution in [1.82, 2.24) is 19.4 Å². The lowest BCUT2D eigenvalue weighted by Gasteiger charge is -2.26. The molecule has 0 saturated carbocycles. The SMILES string of the molecule is CCCn1c(=O)c2c(C)c(C(=O)N3CCNC(=O)C3)sc2n(CCC(F)(F)F)c1=O. The van der Waals surface area contributed by atoms with Crippen molar-refractivity contribution >= 4 is 33.4 Å². The van der Waals surface area contributed by atoms with Crippen LogP contribution >= 0.6 is 11.3 Å². The fraction of sp³-hybridized carbons (Fsp3) is 0.556. The van der Waals surface area contributed by atoms with Crippen molar-refractivity contribution in [3.05, 3.63) is 31.3 Å². The van der Waals surface area contributed by atoms with E-state index in [-0.39, 0.29) is 47.2 Å². The number of fused-ring (bicyclic) bond motifs is 1. The van der Waals surface area contributed by atoms with E-state index in [1.807, 2.05) is 0 Å². The topological polar surface area (TPSA) is 93.4 Å². The largest absolute Gasteiger partial charge is 0.390 e. The molecule has 12 heteroatoms. The first-order valence-corrected chi connectivity index (χ1v) is 10.3. The van der Waals surface area contributed by atoms with Crippen molar-refractivity contribution in [3.8, 4) is 0 Å². The molecule has 1 aliphatic heterocycles. The smallest absolute Gasteiger partial charge is 0.353 e. The highest BCUT2D eigenvalue weighted by atomic mass is 32.1. The molecule has 8 nitrogen and oxygen atoms in total. The Morgan fingerprint density at radius 1 is 1.17 bits per heavy atom. The van der Waals surface area contributed by atoms with Gasteiger partial charge in [0.05, 0.1) is 23.2 Å². The maximum absolute atomic E-state index is 13.0. The van der Waals surface area contributed by atoms with E-state index in [0.29, 0.717) is 12.0 Å². The molecular formula is C18H21F3N4O4S. The van der Waals surface area contributed by atoms with Crippen LogP contribution in [0.2, 0.25) is 0 Å². The molecule has 2 amide bonds. The molecular weight excluding hydrogens is 425 g/mol. The van der Waals surface area contributed by atoms with Crippen molar-refractivity contribution in [2.45, 2.75) is 46.0 Å². The van der Waals surface area contributed by atoms with Crippen LogP contribution in [0.4, 0.5) is 13.2 Å². The van der Waals surface area contributed by atoms with E-state index in [1.165, 1.54) is 11.8 Å². The molecule has 0 unspecified atom stereocenters. The molecule has 2 aromatic heterocycles. The Balaban J connectivity index is 2.18. The van der Waals surface area contributed by atoms with E-state index in [0.717, 1.165) is 20.5 Å². The number of nitrogens with zero attached hydrogens (tertiary/aromatic N) is 3. The number of amides is 2. The Morgan fingerprint density at radius 2 is 1.87 bits per heavy atom. The average Bonchev–Trinajstić information content (AvgIpc) is 3.01. The van der Waals surface area contributed by atoms with E-state index in [2.05, 4.69) is 5.32 Å². The molecule has 3 heterocycles. The highest BCUT2D eigenvalue weighted by molar-refractivity contribution is 7.20. The summed E-state index contributed by atoms with van der Waals surface area (Å²) < 4.78 is 40.3. The number of rotatable bonds is 5. The Bertz CT molecular complexity index is 1120. The number of alkyl halides is 3. The molecule has 1 saturated heterocycles. The van der Waals surface area contributed by atoms with Gasteiger partial charge in [0.25, 0.3) is 11.5 Å². The summed E-state index contributed by atoms with van der Waals surface area (Å²) in [6.45, 7) is 3.10. The number of hydrogen-bond acceptors (Lipinski definition) is 5. The van der Waals surface area contributed by atoms with Crippen molar-refractivity contribution in [1.29, 1.82) is 0 Å². The molecule has 1 fully saturated rings. The number of thiophene rings is 1. The summed E-state index contributed by atoms with van der Waals surface area (Å²) in [4.78, 5) is 51.8. The van der Waals surface area contributed by atoms with Gasteiger partial charge in [0.2, 0.25) is 5.91 Å². The fourth-order valence-corrected chi connectivity index (χ4v) is 4.70. The number of nitrogens with one attached hydrogen (secondary N) is 1. The van der Waals surface area contributed by atoms with Crippen LogP contribution in [0.25, 0.3) is 10.2 Å². The maximum Gasteiger partial charge on any atom is 0.390 e. The number of carbonyl (C=O) groups excluding carboxylic acids is 2. The summed E-state index contributed by atoms with van der Waals surface area (Å²) in [6, 6.07) is 0. The molecule has 0 bridgehead atoms. The van der Waals surface area contributed by atoms with E-state index in [1.54, 1.807) is 6.92 Å². The molecule has 30 heavy (non-hydrogen) atoms. The molecule has 0 aliphatic carbocycles. The Morgan fingerprint density at radius 3 is 2.47 bits per heavy atom. The highest BCUT2D eigenvalue weighted by Crippen LogP contribution is 2.30. The minimum Gasteiger partial charge on any atom is -0.353 e. The number of carbonyl (C=O) groups is 2. The fourth-order valence-electron chi connectivity index (χ4n) is 3.41. The molecule has 164 valence electrons. The Kier molecular flexibility index (Phi) is 6.06. The minimum absolute atomic E-state index is 0.0453. The Labute approximate surface area is 172 Å². The van der Waals surface area contributed by atoms with Gasteiger partial charge in [-0.25, -0.2) is 4.79 Å². The van der Waals surface area contributed by atoms with Crippen molar-refractivity contribution in [3.63, 3.8) is 0 Å². The second-order valence-electron chi connectivity index (χ2n) is 7.07. The summed E-state index contributed by atoms with van der Waals surface area (Å²) in [5.41, 5.74) is -1.14. The van der Waals surface area contributed by atoms with Gasteiger partial charge in [-0.15, -0.1) is 11.3 Å². The van der Waals surface area contributed by atoms with Crippen molar-refractivity contribution in [2.24, 2.45) is 0 Å². The van der Waals surface area contributed by atoms with Crippen LogP contribution in [0.3, 0.4) is 0 Å². The normalized spacial score (nSPS) is 15.0. The minimum atomic E-state index is -4.48. The third-order valence-electron chi connectivity index (χ3n) is 4.88. The van der Waals surface area contributed by atoms with E-state index < -0.39 is 36.3 Å². The molecule has 0 spiro atoms. The van der Waals surface area contributed by atoms with Gasteiger partial charge in [0.15, 0.2) is 0 Å². The number of aromatic nitrogens is 2. The van der Waals surface area contributed by atoms with E-state index in [9.17, 15) is 32.3 Å². The van der Waals surface area contributed by atoms with Gasteiger partial charge in [-0.05, 0) is 18.9 Å². The predicted octanol–water partition coefficient (Wildman–Crippen LogP) is 1.47. The molecule has 3 rings (SSSR count). The summed E-state index contributed by atoms with van der Waals surface area (Å²) >= 11 is 0.819. The van der Waals surface area contributed by atoms with Crippen molar-refractivity contribution < 1.29 is 22.8 Å². The molecule has 2 aromatic rings. The lowest BCUT2D eigenvalue weighted by molar-refractivity contribution is -0.136. The standard InChI is InChI=1S/C18H21F3N4O4S/c1-3-6-24-14(27)12-10(2)13(15(28)23-8-5-22-11(26)9-23)30-16(12)25(17(24)29)7-4-18(19,20)21/h3-9H2,1-2H3,(H,22,26). The van der Waals surface area contributed by atoms with Gasteiger partial charge >= 0.3 is 11.9 Å². The average molecular weight is 446 g/mol. The maximum atomic E-state index is 13.0.